The average Bonchev–Trinajstić information content (AvgIpc) is 3.14. The Morgan fingerprint density at radius 3 is 2.76 bits per heavy atom. The lowest BCUT2D eigenvalue weighted by Gasteiger charge is -1.91. The quantitative estimate of drug-likeness (QED) is 0.564. The van der Waals surface area contributed by atoms with E-state index in [0.717, 1.165) is 5.56 Å². The predicted molar refractivity (Wildman–Crippen MR) is 76.6 cm³/mol. The van der Waals surface area contributed by atoms with Gasteiger partial charge in [-0.15, -0.1) is 10.2 Å². The van der Waals surface area contributed by atoms with Crippen LogP contribution in [0.4, 0.5) is 5.69 Å². The number of anilines is 1. The molecule has 0 amide bonds. The number of fused-ring (bicyclic) bond motifs is 1. The third kappa shape index (κ3) is 2.00. The summed E-state index contributed by atoms with van der Waals surface area (Å²) in [6.45, 7) is 0. The van der Waals surface area contributed by atoms with Crippen molar-refractivity contribution >= 4 is 16.8 Å². The number of benzene rings is 2. The number of tetrazole rings is 1. The zero-order valence-corrected chi connectivity index (χ0v) is 10.8. The number of rotatable bonds is 2. The normalized spacial score (nSPS) is 11.0. The Morgan fingerprint density at radius 2 is 1.90 bits per heavy atom. The van der Waals surface area contributed by atoms with Gasteiger partial charge in [-0.3, -0.25) is 0 Å². The van der Waals surface area contributed by atoms with Crippen LogP contribution in [0.1, 0.15) is 0 Å². The molecule has 0 fully saturated rings. The summed E-state index contributed by atoms with van der Waals surface area (Å²) in [4.78, 5) is 5.56. The van der Waals surface area contributed by atoms with Crippen LogP contribution in [-0.2, 0) is 0 Å². The molecule has 0 saturated heterocycles. The minimum absolute atomic E-state index is 0.255. The van der Waals surface area contributed by atoms with Gasteiger partial charge in [0.25, 0.3) is 0 Å². The summed E-state index contributed by atoms with van der Waals surface area (Å²) in [5.41, 5.74) is 8.50. The molecule has 0 atom stereocenters. The number of oxazole rings is 1. The SMILES string of the molecule is Nc1ccc2oc(-n3nnc(-c4ccccc4)n3)nc2c1. The third-order valence-corrected chi connectivity index (χ3v) is 3.02. The van der Waals surface area contributed by atoms with Crippen LogP contribution in [0, 0.1) is 0 Å². The van der Waals surface area contributed by atoms with E-state index < -0.39 is 0 Å². The van der Waals surface area contributed by atoms with E-state index in [1.165, 1.54) is 4.80 Å². The van der Waals surface area contributed by atoms with Crippen LogP contribution in [0.25, 0.3) is 28.5 Å². The fourth-order valence-corrected chi connectivity index (χ4v) is 2.02. The minimum Gasteiger partial charge on any atom is -0.421 e. The van der Waals surface area contributed by atoms with Crippen molar-refractivity contribution in [1.82, 2.24) is 25.2 Å². The van der Waals surface area contributed by atoms with Gasteiger partial charge in [0.2, 0.25) is 5.82 Å². The fourth-order valence-electron chi connectivity index (χ4n) is 2.02. The van der Waals surface area contributed by atoms with Gasteiger partial charge in [0, 0.05) is 11.3 Å². The summed E-state index contributed by atoms with van der Waals surface area (Å²) in [6, 6.07) is 15.1. The van der Waals surface area contributed by atoms with Crippen molar-refractivity contribution in [3.8, 4) is 17.4 Å². The fraction of sp³-hybridized carbons (Fsp3) is 0. The molecule has 2 aromatic carbocycles. The lowest BCUT2D eigenvalue weighted by Crippen LogP contribution is -1.98. The van der Waals surface area contributed by atoms with E-state index >= 15 is 0 Å². The Labute approximate surface area is 119 Å². The molecule has 0 aliphatic heterocycles. The first-order valence-electron chi connectivity index (χ1n) is 6.31. The second kappa shape index (κ2) is 4.41. The number of nitrogens with two attached hydrogens (primary N) is 1. The van der Waals surface area contributed by atoms with Crippen LogP contribution >= 0.6 is 0 Å². The van der Waals surface area contributed by atoms with Crippen molar-refractivity contribution in [2.75, 3.05) is 5.73 Å². The van der Waals surface area contributed by atoms with E-state index in [1.54, 1.807) is 18.2 Å². The minimum atomic E-state index is 0.255. The number of nitrogens with zero attached hydrogens (tertiary/aromatic N) is 5. The van der Waals surface area contributed by atoms with E-state index in [4.69, 9.17) is 10.2 Å². The van der Waals surface area contributed by atoms with Gasteiger partial charge >= 0.3 is 6.01 Å². The maximum atomic E-state index is 5.72. The van der Waals surface area contributed by atoms with Gasteiger partial charge in [-0.1, -0.05) is 35.1 Å². The molecule has 0 aliphatic rings. The van der Waals surface area contributed by atoms with E-state index in [1.807, 2.05) is 30.3 Å². The molecule has 4 rings (SSSR count). The van der Waals surface area contributed by atoms with Crippen LogP contribution in [0.15, 0.2) is 52.9 Å². The third-order valence-electron chi connectivity index (χ3n) is 3.02. The molecule has 0 radical (unpaired) electrons. The van der Waals surface area contributed by atoms with Crippen molar-refractivity contribution in [2.24, 2.45) is 0 Å². The summed E-state index contributed by atoms with van der Waals surface area (Å²) in [6.07, 6.45) is 0. The van der Waals surface area contributed by atoms with Gasteiger partial charge < -0.3 is 10.2 Å². The highest BCUT2D eigenvalue weighted by atomic mass is 16.4. The number of aromatic nitrogens is 5. The van der Waals surface area contributed by atoms with Gasteiger partial charge in [-0.2, -0.15) is 4.98 Å². The summed E-state index contributed by atoms with van der Waals surface area (Å²) in [5, 5.41) is 12.3. The predicted octanol–water partition coefficient (Wildman–Crippen LogP) is 2.05. The zero-order valence-electron chi connectivity index (χ0n) is 10.8. The lowest BCUT2D eigenvalue weighted by atomic mass is 10.2. The van der Waals surface area contributed by atoms with Crippen molar-refractivity contribution in [3.05, 3.63) is 48.5 Å². The summed E-state index contributed by atoms with van der Waals surface area (Å²) in [7, 11) is 0. The van der Waals surface area contributed by atoms with Crippen LogP contribution in [0.5, 0.6) is 0 Å². The van der Waals surface area contributed by atoms with E-state index in [-0.39, 0.29) is 6.01 Å². The molecular weight excluding hydrogens is 268 g/mol. The maximum absolute atomic E-state index is 5.72. The topological polar surface area (TPSA) is 95.7 Å². The van der Waals surface area contributed by atoms with Gasteiger partial charge in [0.05, 0.1) is 0 Å². The van der Waals surface area contributed by atoms with Crippen LogP contribution in [0.3, 0.4) is 0 Å². The van der Waals surface area contributed by atoms with Crippen molar-refractivity contribution in [1.29, 1.82) is 0 Å². The molecule has 0 saturated carbocycles. The molecular formula is C14H10N6O. The average molecular weight is 278 g/mol. The standard InChI is InChI=1S/C14H10N6O/c15-10-6-7-12-11(8-10)16-14(21-12)20-18-13(17-19-20)9-4-2-1-3-5-9/h1-8H,15H2. The Balaban J connectivity index is 1.77. The number of hydrogen-bond donors (Lipinski definition) is 1. The van der Waals surface area contributed by atoms with Crippen LogP contribution in [-0.4, -0.2) is 25.2 Å². The smallest absolute Gasteiger partial charge is 0.343 e. The maximum Gasteiger partial charge on any atom is 0.343 e. The van der Waals surface area contributed by atoms with Crippen molar-refractivity contribution in [2.45, 2.75) is 0 Å². The van der Waals surface area contributed by atoms with E-state index in [2.05, 4.69) is 20.4 Å². The number of nitrogen functional groups attached to an aromatic ring is 1. The lowest BCUT2D eigenvalue weighted by molar-refractivity contribution is 0.508. The molecule has 21 heavy (non-hydrogen) atoms. The van der Waals surface area contributed by atoms with Gasteiger partial charge in [-0.25, -0.2) is 0 Å². The molecule has 102 valence electrons. The first-order chi connectivity index (χ1) is 10.3. The second-order valence-corrected chi connectivity index (χ2v) is 4.49. The zero-order chi connectivity index (χ0) is 14.2. The molecule has 2 heterocycles. The van der Waals surface area contributed by atoms with Crippen molar-refractivity contribution < 1.29 is 4.42 Å². The van der Waals surface area contributed by atoms with E-state index in [9.17, 15) is 0 Å². The van der Waals surface area contributed by atoms with Crippen LogP contribution in [0.2, 0.25) is 0 Å². The molecule has 4 aromatic rings. The Morgan fingerprint density at radius 1 is 1.05 bits per heavy atom. The Hall–Kier alpha value is -3.22. The van der Waals surface area contributed by atoms with Gasteiger partial charge in [0.15, 0.2) is 5.58 Å². The summed E-state index contributed by atoms with van der Waals surface area (Å²) in [5.74, 6) is 0.511. The molecule has 0 bridgehead atoms. The van der Waals surface area contributed by atoms with Gasteiger partial charge in [-0.05, 0) is 23.4 Å². The summed E-state index contributed by atoms with van der Waals surface area (Å²) < 4.78 is 5.59. The van der Waals surface area contributed by atoms with Crippen LogP contribution < -0.4 is 5.73 Å². The number of hydrogen-bond acceptors (Lipinski definition) is 6. The first-order valence-corrected chi connectivity index (χ1v) is 6.31. The largest absolute Gasteiger partial charge is 0.421 e. The molecule has 7 heteroatoms. The Kier molecular flexibility index (Phi) is 2.43. The molecule has 2 aromatic heterocycles. The highest BCUT2D eigenvalue weighted by Crippen LogP contribution is 2.20. The molecule has 0 unspecified atom stereocenters. The molecule has 0 aliphatic carbocycles. The molecule has 0 spiro atoms. The van der Waals surface area contributed by atoms with E-state index in [0.29, 0.717) is 22.6 Å². The second-order valence-electron chi connectivity index (χ2n) is 4.49. The monoisotopic (exact) mass is 278 g/mol. The van der Waals surface area contributed by atoms with Crippen molar-refractivity contribution in [3.63, 3.8) is 0 Å². The highest BCUT2D eigenvalue weighted by Gasteiger charge is 2.12. The molecule has 2 N–H and O–H groups in total. The summed E-state index contributed by atoms with van der Waals surface area (Å²) >= 11 is 0. The van der Waals surface area contributed by atoms with Gasteiger partial charge in [0.1, 0.15) is 5.52 Å². The molecule has 7 nitrogen and oxygen atoms in total. The first kappa shape index (κ1) is 11.6. The highest BCUT2D eigenvalue weighted by molar-refractivity contribution is 5.77. The Bertz CT molecular complexity index is 912.